The van der Waals surface area contributed by atoms with Gasteiger partial charge in [-0.15, -0.1) is 0 Å². The first-order valence-electron chi connectivity index (χ1n) is 6.06. The van der Waals surface area contributed by atoms with Crippen molar-refractivity contribution in [3.05, 3.63) is 0 Å². The molecule has 2 rings (SSSR count). The zero-order chi connectivity index (χ0) is 11.4. The molecule has 0 aromatic carbocycles. The van der Waals surface area contributed by atoms with Gasteiger partial charge in [0.15, 0.2) is 0 Å². The Hall–Kier alpha value is -1.10. The Labute approximate surface area is 95.3 Å². The van der Waals surface area contributed by atoms with Gasteiger partial charge in [-0.2, -0.15) is 0 Å². The van der Waals surface area contributed by atoms with Gasteiger partial charge >= 0.3 is 0 Å². The molecule has 1 heterocycles. The van der Waals surface area contributed by atoms with Crippen LogP contribution in [0.3, 0.4) is 0 Å². The molecular formula is C11H19N3O2. The molecule has 2 amide bonds. The topological polar surface area (TPSA) is 70.2 Å². The van der Waals surface area contributed by atoms with Crippen LogP contribution in [0.25, 0.3) is 0 Å². The van der Waals surface area contributed by atoms with E-state index in [2.05, 4.69) is 16.0 Å². The van der Waals surface area contributed by atoms with Gasteiger partial charge in [0.2, 0.25) is 11.8 Å². The van der Waals surface area contributed by atoms with Crippen molar-refractivity contribution in [1.29, 1.82) is 0 Å². The summed E-state index contributed by atoms with van der Waals surface area (Å²) in [7, 11) is 0. The van der Waals surface area contributed by atoms with Crippen molar-refractivity contribution >= 4 is 11.8 Å². The number of carbonyl (C=O) groups excluding carboxylic acids is 2. The highest BCUT2D eigenvalue weighted by molar-refractivity contribution is 5.90. The van der Waals surface area contributed by atoms with Crippen LogP contribution in [-0.4, -0.2) is 37.0 Å². The predicted molar refractivity (Wildman–Crippen MR) is 59.8 cm³/mol. The highest BCUT2D eigenvalue weighted by Gasteiger charge is 2.26. The molecule has 5 nitrogen and oxygen atoms in total. The lowest BCUT2D eigenvalue weighted by molar-refractivity contribution is -0.125. The zero-order valence-corrected chi connectivity index (χ0v) is 9.42. The van der Waals surface area contributed by atoms with Gasteiger partial charge in [0.25, 0.3) is 0 Å². The summed E-state index contributed by atoms with van der Waals surface area (Å²) in [4.78, 5) is 22.5. The van der Waals surface area contributed by atoms with Crippen LogP contribution in [0.4, 0.5) is 0 Å². The van der Waals surface area contributed by atoms with Crippen LogP contribution >= 0.6 is 0 Å². The molecule has 2 fully saturated rings. The van der Waals surface area contributed by atoms with Crippen molar-refractivity contribution in [2.24, 2.45) is 0 Å². The summed E-state index contributed by atoms with van der Waals surface area (Å²) in [6.07, 6.45) is 4.64. The number of nitrogens with one attached hydrogen (secondary N) is 3. The molecule has 0 aromatic rings. The molecular weight excluding hydrogens is 206 g/mol. The molecule has 0 bridgehead atoms. The fraction of sp³-hybridized carbons (Fsp3) is 0.818. The summed E-state index contributed by atoms with van der Waals surface area (Å²) < 4.78 is 0. The monoisotopic (exact) mass is 225 g/mol. The molecule has 1 atom stereocenters. The fourth-order valence-corrected chi connectivity index (χ4v) is 1.83. The Balaban J connectivity index is 1.51. The summed E-state index contributed by atoms with van der Waals surface area (Å²) in [5, 5.41) is 8.89. The molecule has 0 radical (unpaired) electrons. The minimum absolute atomic E-state index is 0.0180. The van der Waals surface area contributed by atoms with Gasteiger partial charge in [0.05, 0.1) is 0 Å². The van der Waals surface area contributed by atoms with Crippen molar-refractivity contribution in [2.75, 3.05) is 13.1 Å². The van der Waals surface area contributed by atoms with E-state index in [1.54, 1.807) is 0 Å². The Morgan fingerprint density at radius 3 is 2.75 bits per heavy atom. The summed E-state index contributed by atoms with van der Waals surface area (Å²) in [5.74, 6) is -0.0622. The summed E-state index contributed by atoms with van der Waals surface area (Å²) in [6, 6.07) is 0.425. The van der Waals surface area contributed by atoms with E-state index >= 15 is 0 Å². The number of hydrogen-bond acceptors (Lipinski definition) is 3. The largest absolute Gasteiger partial charge is 0.354 e. The van der Waals surface area contributed by atoms with E-state index in [4.69, 9.17) is 0 Å². The molecule has 0 spiro atoms. The SMILES string of the molecule is O=C1CCC(C(=O)NCCCNC2CC2)N1. The molecule has 1 aliphatic carbocycles. The van der Waals surface area contributed by atoms with Gasteiger partial charge in [-0.25, -0.2) is 0 Å². The van der Waals surface area contributed by atoms with Crippen LogP contribution in [0.1, 0.15) is 32.1 Å². The van der Waals surface area contributed by atoms with Crippen LogP contribution in [0.2, 0.25) is 0 Å². The Morgan fingerprint density at radius 2 is 2.12 bits per heavy atom. The molecule has 1 saturated heterocycles. The molecule has 2 aliphatic rings. The molecule has 5 heteroatoms. The first-order chi connectivity index (χ1) is 7.75. The normalized spacial score (nSPS) is 24.2. The van der Waals surface area contributed by atoms with Crippen LogP contribution < -0.4 is 16.0 Å². The van der Waals surface area contributed by atoms with E-state index in [1.807, 2.05) is 0 Å². The number of amides is 2. The second kappa shape index (κ2) is 5.30. The average molecular weight is 225 g/mol. The second-order valence-electron chi connectivity index (χ2n) is 4.53. The van der Waals surface area contributed by atoms with Crippen LogP contribution in [0.5, 0.6) is 0 Å². The van der Waals surface area contributed by atoms with E-state index in [9.17, 15) is 9.59 Å². The lowest BCUT2D eigenvalue weighted by Crippen LogP contribution is -2.42. The fourth-order valence-electron chi connectivity index (χ4n) is 1.83. The Bertz CT molecular complexity index is 276. The van der Waals surface area contributed by atoms with Gasteiger partial charge in [-0.3, -0.25) is 9.59 Å². The van der Waals surface area contributed by atoms with E-state index in [-0.39, 0.29) is 17.9 Å². The third kappa shape index (κ3) is 3.48. The Kier molecular flexibility index (Phi) is 3.77. The minimum Gasteiger partial charge on any atom is -0.354 e. The van der Waals surface area contributed by atoms with Crippen molar-refractivity contribution in [1.82, 2.24) is 16.0 Å². The van der Waals surface area contributed by atoms with Crippen molar-refractivity contribution < 1.29 is 9.59 Å². The van der Waals surface area contributed by atoms with Crippen LogP contribution in [0.15, 0.2) is 0 Å². The lowest BCUT2D eigenvalue weighted by atomic mass is 10.2. The predicted octanol–water partition coefficient (Wildman–Crippen LogP) is -0.477. The second-order valence-corrected chi connectivity index (χ2v) is 4.53. The van der Waals surface area contributed by atoms with E-state index < -0.39 is 0 Å². The summed E-state index contributed by atoms with van der Waals surface area (Å²) >= 11 is 0. The quantitative estimate of drug-likeness (QED) is 0.535. The standard InChI is InChI=1S/C11H19N3O2/c15-10-5-4-9(14-10)11(16)13-7-1-6-12-8-2-3-8/h8-9,12H,1-7H2,(H,13,16)(H,14,15). The highest BCUT2D eigenvalue weighted by Crippen LogP contribution is 2.18. The maximum absolute atomic E-state index is 11.6. The Morgan fingerprint density at radius 1 is 1.31 bits per heavy atom. The average Bonchev–Trinajstić information content (AvgIpc) is 2.99. The third-order valence-corrected chi connectivity index (χ3v) is 2.97. The molecule has 1 aliphatic heterocycles. The molecule has 16 heavy (non-hydrogen) atoms. The maximum atomic E-state index is 11.6. The van der Waals surface area contributed by atoms with E-state index in [0.29, 0.717) is 19.4 Å². The number of hydrogen-bond donors (Lipinski definition) is 3. The van der Waals surface area contributed by atoms with Gasteiger partial charge < -0.3 is 16.0 Å². The third-order valence-electron chi connectivity index (χ3n) is 2.97. The first kappa shape index (κ1) is 11.4. The van der Waals surface area contributed by atoms with Gasteiger partial charge in [-0.05, 0) is 32.2 Å². The van der Waals surface area contributed by atoms with E-state index in [1.165, 1.54) is 12.8 Å². The smallest absolute Gasteiger partial charge is 0.242 e. The van der Waals surface area contributed by atoms with Crippen molar-refractivity contribution in [3.63, 3.8) is 0 Å². The lowest BCUT2D eigenvalue weighted by Gasteiger charge is -2.10. The molecule has 1 unspecified atom stereocenters. The summed E-state index contributed by atoms with van der Waals surface area (Å²) in [5.41, 5.74) is 0. The van der Waals surface area contributed by atoms with Gasteiger partial charge in [-0.1, -0.05) is 0 Å². The molecule has 1 saturated carbocycles. The van der Waals surface area contributed by atoms with Crippen molar-refractivity contribution in [3.8, 4) is 0 Å². The molecule has 90 valence electrons. The first-order valence-corrected chi connectivity index (χ1v) is 6.06. The number of carbonyl (C=O) groups is 2. The molecule has 0 aromatic heterocycles. The zero-order valence-electron chi connectivity index (χ0n) is 9.42. The minimum atomic E-state index is -0.302. The number of rotatable bonds is 6. The van der Waals surface area contributed by atoms with Gasteiger partial charge in [0.1, 0.15) is 6.04 Å². The van der Waals surface area contributed by atoms with E-state index in [0.717, 1.165) is 19.0 Å². The van der Waals surface area contributed by atoms with Crippen molar-refractivity contribution in [2.45, 2.75) is 44.2 Å². The van der Waals surface area contributed by atoms with Crippen LogP contribution in [-0.2, 0) is 9.59 Å². The van der Waals surface area contributed by atoms with Crippen LogP contribution in [0, 0.1) is 0 Å². The maximum Gasteiger partial charge on any atom is 0.242 e. The summed E-state index contributed by atoms with van der Waals surface area (Å²) in [6.45, 7) is 1.65. The highest BCUT2D eigenvalue weighted by atomic mass is 16.2. The molecule has 3 N–H and O–H groups in total. The van der Waals surface area contributed by atoms with Gasteiger partial charge in [0, 0.05) is 19.0 Å².